The summed E-state index contributed by atoms with van der Waals surface area (Å²) in [6, 6.07) is 11.5. The van der Waals surface area contributed by atoms with Gasteiger partial charge in [-0.05, 0) is 36.4 Å². The average molecular weight is 257 g/mol. The third kappa shape index (κ3) is 3.22. The van der Waals surface area contributed by atoms with Gasteiger partial charge in [-0.15, -0.1) is 0 Å². The summed E-state index contributed by atoms with van der Waals surface area (Å²) in [7, 11) is 1.64. The third-order valence-electron chi connectivity index (χ3n) is 2.55. The summed E-state index contributed by atoms with van der Waals surface area (Å²) in [5, 5.41) is 3.86. The number of carbonyl (C=O) groups is 1. The van der Waals surface area contributed by atoms with Crippen molar-refractivity contribution in [3.8, 4) is 11.4 Å². The smallest absolute Gasteiger partial charge is 0.236 e. The molecule has 1 N–H and O–H groups in total. The van der Waals surface area contributed by atoms with Crippen LogP contribution >= 0.6 is 0 Å². The Morgan fingerprint density at radius 2 is 2.05 bits per heavy atom. The zero-order valence-corrected chi connectivity index (χ0v) is 10.8. The molecule has 5 heteroatoms. The summed E-state index contributed by atoms with van der Waals surface area (Å²) in [4.78, 5) is 10.8. The van der Waals surface area contributed by atoms with Crippen LogP contribution in [0.4, 0.5) is 0 Å². The lowest BCUT2D eigenvalue weighted by molar-refractivity contribution is -0.118. The molecule has 1 aromatic carbocycles. The van der Waals surface area contributed by atoms with Crippen LogP contribution in [0.25, 0.3) is 5.69 Å². The van der Waals surface area contributed by atoms with Gasteiger partial charge in [0.1, 0.15) is 5.75 Å². The molecule has 0 saturated carbocycles. The quantitative estimate of drug-likeness (QED) is 0.672. The highest BCUT2D eigenvalue weighted by atomic mass is 16.5. The molecule has 0 spiro atoms. The molecule has 0 radical (unpaired) electrons. The third-order valence-corrected chi connectivity index (χ3v) is 2.55. The number of rotatable bonds is 4. The standard InChI is InChI=1S/C14H15N3O2/c1-11(18)16-15-10-13-4-3-9-17(13)12-5-7-14(19-2)8-6-12/h3-10H,1-2H3,(H,16,18)/b15-10-. The normalized spacial score (nSPS) is 10.6. The molecule has 0 bridgehead atoms. The fourth-order valence-corrected chi connectivity index (χ4v) is 1.67. The highest BCUT2D eigenvalue weighted by molar-refractivity contribution is 5.81. The first-order chi connectivity index (χ1) is 9.20. The SMILES string of the molecule is COc1ccc(-n2cccc2/C=N\NC(C)=O)cc1. The second-order valence-corrected chi connectivity index (χ2v) is 3.93. The van der Waals surface area contributed by atoms with Gasteiger partial charge in [0.2, 0.25) is 5.91 Å². The number of nitrogens with zero attached hydrogens (tertiary/aromatic N) is 2. The lowest BCUT2D eigenvalue weighted by Gasteiger charge is -2.07. The van der Waals surface area contributed by atoms with E-state index in [4.69, 9.17) is 4.74 Å². The number of hydrogen-bond acceptors (Lipinski definition) is 3. The number of hydrazone groups is 1. The Balaban J connectivity index is 2.22. The van der Waals surface area contributed by atoms with Gasteiger partial charge in [-0.1, -0.05) is 0 Å². The summed E-state index contributed by atoms with van der Waals surface area (Å²) in [6.07, 6.45) is 3.53. The van der Waals surface area contributed by atoms with Gasteiger partial charge in [0, 0.05) is 18.8 Å². The summed E-state index contributed by atoms with van der Waals surface area (Å²) >= 11 is 0. The molecule has 2 rings (SSSR count). The van der Waals surface area contributed by atoms with Gasteiger partial charge in [0.25, 0.3) is 0 Å². The minimum absolute atomic E-state index is 0.196. The van der Waals surface area contributed by atoms with Crippen molar-refractivity contribution in [2.75, 3.05) is 7.11 Å². The molecule has 0 fully saturated rings. The number of hydrogen-bond donors (Lipinski definition) is 1. The van der Waals surface area contributed by atoms with Crippen LogP contribution in [0, 0.1) is 0 Å². The average Bonchev–Trinajstić information content (AvgIpc) is 2.87. The molecule has 0 aliphatic carbocycles. The van der Waals surface area contributed by atoms with E-state index in [1.165, 1.54) is 6.92 Å². The predicted octanol–water partition coefficient (Wildman–Crippen LogP) is 1.96. The summed E-state index contributed by atoms with van der Waals surface area (Å²) in [5.41, 5.74) is 4.25. The van der Waals surface area contributed by atoms with Gasteiger partial charge in [0.05, 0.1) is 19.0 Å². The zero-order chi connectivity index (χ0) is 13.7. The zero-order valence-electron chi connectivity index (χ0n) is 10.8. The van der Waals surface area contributed by atoms with E-state index in [1.54, 1.807) is 13.3 Å². The first kappa shape index (κ1) is 12.9. The first-order valence-corrected chi connectivity index (χ1v) is 5.82. The summed E-state index contributed by atoms with van der Waals surface area (Å²) in [6.45, 7) is 1.42. The molecular weight excluding hydrogens is 242 g/mol. The second-order valence-electron chi connectivity index (χ2n) is 3.93. The molecule has 98 valence electrons. The largest absolute Gasteiger partial charge is 0.497 e. The molecule has 1 heterocycles. The van der Waals surface area contributed by atoms with Gasteiger partial charge in [-0.25, -0.2) is 5.43 Å². The fourth-order valence-electron chi connectivity index (χ4n) is 1.67. The number of aromatic nitrogens is 1. The van der Waals surface area contributed by atoms with E-state index in [2.05, 4.69) is 10.5 Å². The van der Waals surface area contributed by atoms with Gasteiger partial charge >= 0.3 is 0 Å². The Morgan fingerprint density at radius 1 is 1.32 bits per heavy atom. The molecule has 2 aromatic rings. The van der Waals surface area contributed by atoms with Crippen LogP contribution in [-0.4, -0.2) is 23.8 Å². The number of nitrogens with one attached hydrogen (secondary N) is 1. The first-order valence-electron chi connectivity index (χ1n) is 5.82. The van der Waals surface area contributed by atoms with Crippen molar-refractivity contribution in [3.05, 3.63) is 48.3 Å². The van der Waals surface area contributed by atoms with Gasteiger partial charge < -0.3 is 9.30 Å². The van der Waals surface area contributed by atoms with Crippen LogP contribution in [0.2, 0.25) is 0 Å². The van der Waals surface area contributed by atoms with Crippen molar-refractivity contribution in [1.29, 1.82) is 0 Å². The van der Waals surface area contributed by atoms with Crippen LogP contribution in [0.1, 0.15) is 12.6 Å². The van der Waals surface area contributed by atoms with E-state index in [-0.39, 0.29) is 5.91 Å². The molecular formula is C14H15N3O2. The van der Waals surface area contributed by atoms with E-state index in [1.807, 2.05) is 47.2 Å². The van der Waals surface area contributed by atoms with Crippen LogP contribution in [0.5, 0.6) is 5.75 Å². The number of carbonyl (C=O) groups excluding carboxylic acids is 1. The van der Waals surface area contributed by atoms with Crippen molar-refractivity contribution < 1.29 is 9.53 Å². The summed E-state index contributed by atoms with van der Waals surface area (Å²) < 4.78 is 7.09. The molecule has 0 atom stereocenters. The minimum atomic E-state index is -0.196. The molecule has 19 heavy (non-hydrogen) atoms. The molecule has 0 saturated heterocycles. The lowest BCUT2D eigenvalue weighted by atomic mass is 10.3. The van der Waals surface area contributed by atoms with Gasteiger partial charge in [0.15, 0.2) is 0 Å². The van der Waals surface area contributed by atoms with Crippen LogP contribution < -0.4 is 10.2 Å². The number of ether oxygens (including phenoxy) is 1. The van der Waals surface area contributed by atoms with Crippen molar-refractivity contribution >= 4 is 12.1 Å². The minimum Gasteiger partial charge on any atom is -0.497 e. The number of methoxy groups -OCH3 is 1. The van der Waals surface area contributed by atoms with Gasteiger partial charge in [-0.2, -0.15) is 5.10 Å². The lowest BCUT2D eigenvalue weighted by Crippen LogP contribution is -2.12. The predicted molar refractivity (Wildman–Crippen MR) is 73.7 cm³/mol. The summed E-state index contributed by atoms with van der Waals surface area (Å²) in [5.74, 6) is 0.614. The Labute approximate surface area is 111 Å². The van der Waals surface area contributed by atoms with Crippen LogP contribution in [0.3, 0.4) is 0 Å². The molecule has 1 amide bonds. The Morgan fingerprint density at radius 3 is 2.68 bits per heavy atom. The maximum atomic E-state index is 10.8. The van der Waals surface area contributed by atoms with Crippen molar-refractivity contribution in [1.82, 2.24) is 9.99 Å². The second kappa shape index (κ2) is 5.86. The van der Waals surface area contributed by atoms with E-state index in [9.17, 15) is 4.79 Å². The van der Waals surface area contributed by atoms with Crippen LogP contribution in [0.15, 0.2) is 47.7 Å². The van der Waals surface area contributed by atoms with E-state index in [0.29, 0.717) is 0 Å². The molecule has 0 unspecified atom stereocenters. The highest BCUT2D eigenvalue weighted by Crippen LogP contribution is 2.16. The maximum Gasteiger partial charge on any atom is 0.236 e. The van der Waals surface area contributed by atoms with Crippen molar-refractivity contribution in [3.63, 3.8) is 0 Å². The van der Waals surface area contributed by atoms with Gasteiger partial charge in [-0.3, -0.25) is 4.79 Å². The monoisotopic (exact) mass is 257 g/mol. The van der Waals surface area contributed by atoms with Crippen molar-refractivity contribution in [2.45, 2.75) is 6.92 Å². The maximum absolute atomic E-state index is 10.8. The Hall–Kier alpha value is -2.56. The van der Waals surface area contributed by atoms with E-state index in [0.717, 1.165) is 17.1 Å². The Kier molecular flexibility index (Phi) is 3.97. The molecule has 0 aliphatic heterocycles. The van der Waals surface area contributed by atoms with E-state index >= 15 is 0 Å². The fraction of sp³-hybridized carbons (Fsp3) is 0.143. The van der Waals surface area contributed by atoms with E-state index < -0.39 is 0 Å². The van der Waals surface area contributed by atoms with Crippen molar-refractivity contribution in [2.24, 2.45) is 5.10 Å². The Bertz CT molecular complexity index is 585. The van der Waals surface area contributed by atoms with Crippen LogP contribution in [-0.2, 0) is 4.79 Å². The topological polar surface area (TPSA) is 55.6 Å². The molecule has 5 nitrogen and oxygen atoms in total. The molecule has 1 aromatic heterocycles. The highest BCUT2D eigenvalue weighted by Gasteiger charge is 2.01. The molecule has 0 aliphatic rings. The number of amides is 1. The number of benzene rings is 1.